The van der Waals surface area contributed by atoms with Crippen LogP contribution in [-0.2, 0) is 9.47 Å². The standard InChI is InChI=1S/C15H13BrCl4O2/c1-21-15(22-2)13(19)9(8-6-4-3-5-7-8)10(16)14(15,20)12(18)11(13)17/h3-7,9-10H,1-2H3/t9-,10+,13-,14+/m1/s1. The van der Waals surface area contributed by atoms with Crippen LogP contribution in [0.3, 0.4) is 0 Å². The third-order valence-electron chi connectivity index (χ3n) is 4.62. The Balaban J connectivity index is 2.31. The predicted octanol–water partition coefficient (Wildman–Crippen LogP) is 5.19. The van der Waals surface area contributed by atoms with Gasteiger partial charge in [0.2, 0.25) is 5.79 Å². The molecule has 1 aromatic carbocycles. The van der Waals surface area contributed by atoms with Crippen LogP contribution in [-0.4, -0.2) is 34.6 Å². The molecule has 2 bridgehead atoms. The molecule has 1 fully saturated rings. The van der Waals surface area contributed by atoms with E-state index in [1.807, 2.05) is 30.3 Å². The van der Waals surface area contributed by atoms with Gasteiger partial charge < -0.3 is 9.47 Å². The van der Waals surface area contributed by atoms with Crippen LogP contribution in [0.4, 0.5) is 0 Å². The van der Waals surface area contributed by atoms with E-state index in [2.05, 4.69) is 15.9 Å². The lowest BCUT2D eigenvalue weighted by Gasteiger charge is -2.41. The first-order valence-corrected chi connectivity index (χ1v) is 8.99. The minimum absolute atomic E-state index is 0.253. The van der Waals surface area contributed by atoms with Gasteiger partial charge in [0.15, 0.2) is 4.87 Å². The van der Waals surface area contributed by atoms with E-state index in [1.54, 1.807) is 0 Å². The molecule has 0 unspecified atom stereocenters. The van der Waals surface area contributed by atoms with Crippen molar-refractivity contribution < 1.29 is 9.47 Å². The van der Waals surface area contributed by atoms with Crippen molar-refractivity contribution in [1.82, 2.24) is 0 Å². The molecule has 7 heteroatoms. The highest BCUT2D eigenvalue weighted by Crippen LogP contribution is 2.75. The monoisotopic (exact) mass is 444 g/mol. The second-order valence-electron chi connectivity index (χ2n) is 5.37. The minimum Gasteiger partial charge on any atom is -0.349 e. The number of alkyl halides is 3. The molecular formula is C15H13BrCl4O2. The molecular weight excluding hydrogens is 434 g/mol. The van der Waals surface area contributed by atoms with E-state index in [1.165, 1.54) is 14.2 Å². The first-order chi connectivity index (χ1) is 10.3. The molecule has 2 aliphatic rings. The topological polar surface area (TPSA) is 18.5 Å². The Morgan fingerprint density at radius 1 is 0.955 bits per heavy atom. The van der Waals surface area contributed by atoms with E-state index >= 15 is 0 Å². The normalized spacial score (nSPS) is 39.6. The number of ether oxygens (including phenoxy) is 2. The third kappa shape index (κ3) is 1.67. The number of hydrogen-bond donors (Lipinski definition) is 0. The molecule has 0 aliphatic heterocycles. The molecule has 22 heavy (non-hydrogen) atoms. The zero-order valence-electron chi connectivity index (χ0n) is 11.7. The highest BCUT2D eigenvalue weighted by Gasteiger charge is 2.84. The second-order valence-corrected chi connectivity index (χ2v) is 8.30. The van der Waals surface area contributed by atoms with Crippen LogP contribution in [0.5, 0.6) is 0 Å². The zero-order valence-corrected chi connectivity index (χ0v) is 16.4. The Labute approximate surface area is 157 Å². The van der Waals surface area contributed by atoms with Crippen molar-refractivity contribution in [2.24, 2.45) is 0 Å². The molecule has 0 saturated heterocycles. The fourth-order valence-electron chi connectivity index (χ4n) is 3.68. The van der Waals surface area contributed by atoms with Gasteiger partial charge in [0.1, 0.15) is 4.87 Å². The lowest BCUT2D eigenvalue weighted by Crippen LogP contribution is -2.57. The summed E-state index contributed by atoms with van der Waals surface area (Å²) in [5.41, 5.74) is 0.975. The SMILES string of the molecule is COC1(OC)[C@@]2(Cl)C(Cl)=C(Cl)[C@]1(Cl)[C@H](c1ccccc1)[C@@H]2Br. The summed E-state index contributed by atoms with van der Waals surface area (Å²) in [5.74, 6) is -1.66. The van der Waals surface area contributed by atoms with Crippen molar-refractivity contribution in [3.63, 3.8) is 0 Å². The molecule has 2 aliphatic carbocycles. The first kappa shape index (κ1) is 17.3. The molecule has 0 aromatic heterocycles. The average Bonchev–Trinajstić information content (AvgIpc) is 2.77. The van der Waals surface area contributed by atoms with Crippen LogP contribution in [0, 0.1) is 0 Å². The highest BCUT2D eigenvalue weighted by atomic mass is 79.9. The largest absolute Gasteiger partial charge is 0.349 e. The van der Waals surface area contributed by atoms with Crippen molar-refractivity contribution in [2.45, 2.75) is 26.3 Å². The van der Waals surface area contributed by atoms with Gasteiger partial charge in [0.05, 0.1) is 14.9 Å². The molecule has 0 N–H and O–H groups in total. The van der Waals surface area contributed by atoms with Gasteiger partial charge in [-0.05, 0) is 5.56 Å². The van der Waals surface area contributed by atoms with E-state index in [9.17, 15) is 0 Å². The minimum atomic E-state index is -1.38. The predicted molar refractivity (Wildman–Crippen MR) is 94.5 cm³/mol. The van der Waals surface area contributed by atoms with Gasteiger partial charge in [0, 0.05) is 20.1 Å². The maximum atomic E-state index is 7.01. The van der Waals surface area contributed by atoms with Crippen molar-refractivity contribution in [3.8, 4) is 0 Å². The van der Waals surface area contributed by atoms with Gasteiger partial charge in [-0.1, -0.05) is 69.5 Å². The van der Waals surface area contributed by atoms with Crippen LogP contribution in [0.15, 0.2) is 40.4 Å². The summed E-state index contributed by atoms with van der Waals surface area (Å²) in [6, 6.07) is 9.74. The summed E-state index contributed by atoms with van der Waals surface area (Å²) in [6.45, 7) is 0. The summed E-state index contributed by atoms with van der Waals surface area (Å²) in [6.07, 6.45) is 0. The van der Waals surface area contributed by atoms with E-state index in [4.69, 9.17) is 55.9 Å². The van der Waals surface area contributed by atoms with Gasteiger partial charge in [0.25, 0.3) is 0 Å². The number of hydrogen-bond acceptors (Lipinski definition) is 2. The Morgan fingerprint density at radius 3 is 1.91 bits per heavy atom. The summed E-state index contributed by atoms with van der Waals surface area (Å²) in [7, 11) is 2.98. The number of rotatable bonds is 3. The molecule has 0 spiro atoms. The van der Waals surface area contributed by atoms with Crippen LogP contribution in [0.25, 0.3) is 0 Å². The number of methoxy groups -OCH3 is 2. The Morgan fingerprint density at radius 2 is 1.45 bits per heavy atom. The van der Waals surface area contributed by atoms with E-state index in [-0.39, 0.29) is 20.8 Å². The maximum absolute atomic E-state index is 7.01. The fourth-order valence-corrected chi connectivity index (χ4v) is 7.30. The van der Waals surface area contributed by atoms with Gasteiger partial charge in [-0.3, -0.25) is 0 Å². The van der Waals surface area contributed by atoms with Crippen molar-refractivity contribution >= 4 is 62.3 Å². The summed E-state index contributed by atoms with van der Waals surface area (Å²) in [4.78, 5) is -2.78. The zero-order chi connectivity index (χ0) is 16.3. The Hall–Kier alpha value is 0.520. The third-order valence-corrected chi connectivity index (χ3v) is 8.71. The highest BCUT2D eigenvalue weighted by molar-refractivity contribution is 9.09. The van der Waals surface area contributed by atoms with Crippen LogP contribution < -0.4 is 0 Å². The molecule has 120 valence electrons. The molecule has 0 amide bonds. The number of halogens is 5. The Kier molecular flexibility index (Phi) is 4.35. The summed E-state index contributed by atoms with van der Waals surface area (Å²) >= 11 is 30.5. The van der Waals surface area contributed by atoms with Crippen molar-refractivity contribution in [2.75, 3.05) is 14.2 Å². The van der Waals surface area contributed by atoms with Crippen LogP contribution in [0.1, 0.15) is 11.5 Å². The first-order valence-electron chi connectivity index (χ1n) is 6.56. The smallest absolute Gasteiger partial charge is 0.219 e. The molecule has 0 heterocycles. The molecule has 1 saturated carbocycles. The van der Waals surface area contributed by atoms with E-state index in [0.29, 0.717) is 0 Å². The lowest BCUT2D eigenvalue weighted by atomic mass is 9.85. The van der Waals surface area contributed by atoms with Gasteiger partial charge in [-0.25, -0.2) is 0 Å². The van der Waals surface area contributed by atoms with Crippen molar-refractivity contribution in [3.05, 3.63) is 46.0 Å². The van der Waals surface area contributed by atoms with Gasteiger partial charge in [-0.2, -0.15) is 0 Å². The fraction of sp³-hybridized carbons (Fsp3) is 0.467. The molecule has 3 rings (SSSR count). The summed E-state index contributed by atoms with van der Waals surface area (Å²) < 4.78 is 11.4. The number of fused-ring (bicyclic) bond motifs is 2. The molecule has 1 aromatic rings. The quantitative estimate of drug-likeness (QED) is 0.469. The van der Waals surface area contributed by atoms with Gasteiger partial charge >= 0.3 is 0 Å². The summed E-state index contributed by atoms with van der Waals surface area (Å²) in [5, 5.41) is 0.516. The molecule has 4 atom stereocenters. The van der Waals surface area contributed by atoms with Crippen molar-refractivity contribution in [1.29, 1.82) is 0 Å². The van der Waals surface area contributed by atoms with Crippen LogP contribution in [0.2, 0.25) is 0 Å². The van der Waals surface area contributed by atoms with Crippen LogP contribution >= 0.6 is 62.3 Å². The van der Waals surface area contributed by atoms with Gasteiger partial charge in [-0.15, -0.1) is 23.2 Å². The van der Waals surface area contributed by atoms with E-state index < -0.39 is 15.5 Å². The second kappa shape index (κ2) is 5.52. The lowest BCUT2D eigenvalue weighted by molar-refractivity contribution is -0.217. The van der Waals surface area contributed by atoms with E-state index in [0.717, 1.165) is 5.56 Å². The maximum Gasteiger partial charge on any atom is 0.219 e. The molecule has 2 nitrogen and oxygen atoms in total. The average molecular weight is 447 g/mol. The molecule has 0 radical (unpaired) electrons. The number of benzene rings is 1. The Bertz CT molecular complexity index is 634.